The molecule has 1 atom stereocenters. The van der Waals surface area contributed by atoms with Gasteiger partial charge in [-0.05, 0) is 19.4 Å². The minimum Gasteiger partial charge on any atom is -0.394 e. The molecule has 0 N–H and O–H groups in total. The van der Waals surface area contributed by atoms with E-state index in [1.54, 1.807) is 0 Å². The highest BCUT2D eigenvalue weighted by molar-refractivity contribution is 6.46. The summed E-state index contributed by atoms with van der Waals surface area (Å²) in [7, 11) is -1.57. The van der Waals surface area contributed by atoms with E-state index in [0.29, 0.717) is 32.0 Å². The molecule has 0 aromatic carbocycles. The smallest absolute Gasteiger partial charge is 0.324 e. The maximum absolute atomic E-state index is 5.81. The van der Waals surface area contributed by atoms with E-state index < -0.39 is 9.28 Å². The summed E-state index contributed by atoms with van der Waals surface area (Å²) in [6.45, 7) is 12.4. The molecule has 0 aliphatic rings. The topological polar surface area (TPSA) is 36.9 Å². The van der Waals surface area contributed by atoms with Crippen LogP contribution in [0.15, 0.2) is 0 Å². The summed E-state index contributed by atoms with van der Waals surface area (Å²) in [4.78, 5) is 0. The second kappa shape index (κ2) is 12.5. The summed E-state index contributed by atoms with van der Waals surface area (Å²) in [6, 6.07) is 0. The van der Waals surface area contributed by atoms with Gasteiger partial charge in [0.25, 0.3) is 0 Å². The molecule has 0 radical (unpaired) electrons. The van der Waals surface area contributed by atoms with Gasteiger partial charge in [-0.25, -0.2) is 0 Å². The molecule has 0 rings (SSSR count). The molecule has 0 bridgehead atoms. The molecule has 0 aliphatic carbocycles. The third kappa shape index (κ3) is 9.73. The van der Waals surface area contributed by atoms with Crippen molar-refractivity contribution >= 4 is 9.28 Å². The number of rotatable bonds is 12. The second-order valence-corrected chi connectivity index (χ2v) is 6.43. The van der Waals surface area contributed by atoms with Crippen molar-refractivity contribution in [2.24, 2.45) is 0 Å². The maximum Gasteiger partial charge on any atom is 0.324 e. The minimum atomic E-state index is -1.57. The average Bonchev–Trinajstić information content (AvgIpc) is 2.36. The van der Waals surface area contributed by atoms with Crippen molar-refractivity contribution in [2.45, 2.75) is 39.7 Å². The maximum atomic E-state index is 5.81. The van der Waals surface area contributed by atoms with E-state index in [1.807, 2.05) is 13.8 Å². The predicted octanol–water partition coefficient (Wildman–Crippen LogP) is 2.11. The molecule has 104 valence electrons. The van der Waals surface area contributed by atoms with Gasteiger partial charge in [-0.2, -0.15) is 0 Å². The molecule has 0 fully saturated rings. The lowest BCUT2D eigenvalue weighted by molar-refractivity contribution is 0.0726. The second-order valence-electron chi connectivity index (χ2n) is 3.89. The zero-order valence-corrected chi connectivity index (χ0v) is 12.9. The third-order valence-electron chi connectivity index (χ3n) is 2.54. The van der Waals surface area contributed by atoms with Crippen LogP contribution in [0.5, 0.6) is 0 Å². The van der Waals surface area contributed by atoms with Crippen LogP contribution in [0.2, 0.25) is 5.54 Å². The first kappa shape index (κ1) is 17.1. The van der Waals surface area contributed by atoms with Gasteiger partial charge in [-0.3, -0.25) is 0 Å². The summed E-state index contributed by atoms with van der Waals surface area (Å²) < 4.78 is 22.1. The normalized spacial score (nSPS) is 13.2. The molecule has 5 heteroatoms. The predicted molar refractivity (Wildman–Crippen MR) is 71.8 cm³/mol. The summed E-state index contributed by atoms with van der Waals surface area (Å²) in [5.74, 6) is 0. The molecule has 0 aromatic heterocycles. The Morgan fingerprint density at radius 2 is 1.29 bits per heavy atom. The highest BCUT2D eigenvalue weighted by Gasteiger charge is 2.20. The fourth-order valence-corrected chi connectivity index (χ4v) is 3.10. The van der Waals surface area contributed by atoms with Gasteiger partial charge in [0.2, 0.25) is 0 Å². The summed E-state index contributed by atoms with van der Waals surface area (Å²) in [5, 5.41) is 0. The van der Waals surface area contributed by atoms with Gasteiger partial charge in [-0.1, -0.05) is 20.3 Å². The van der Waals surface area contributed by atoms with Crippen molar-refractivity contribution in [1.29, 1.82) is 0 Å². The third-order valence-corrected chi connectivity index (χ3v) is 5.07. The Kier molecular flexibility index (Phi) is 12.6. The fraction of sp³-hybridized carbons (Fsp3) is 1.00. The Hall–Kier alpha value is 0.0569. The van der Waals surface area contributed by atoms with Crippen molar-refractivity contribution in [2.75, 3.05) is 39.6 Å². The first-order chi connectivity index (χ1) is 8.26. The molecule has 0 aliphatic heterocycles. The molecule has 17 heavy (non-hydrogen) atoms. The van der Waals surface area contributed by atoms with Crippen LogP contribution in [0.3, 0.4) is 0 Å². The molecule has 0 aromatic rings. The van der Waals surface area contributed by atoms with Crippen molar-refractivity contribution in [3.05, 3.63) is 0 Å². The lowest BCUT2D eigenvalue weighted by atomic mass is 10.4. The Balaban J connectivity index is 3.72. The van der Waals surface area contributed by atoms with E-state index in [0.717, 1.165) is 19.6 Å². The summed E-state index contributed by atoms with van der Waals surface area (Å²) in [6.07, 6.45) is 1.10. The number of hydrogen-bond donors (Lipinski definition) is 0. The van der Waals surface area contributed by atoms with Gasteiger partial charge in [0.1, 0.15) is 0 Å². The SMILES string of the molecule is CCOCCO[SiH](OCCOCC)C(C)CC. The van der Waals surface area contributed by atoms with E-state index in [-0.39, 0.29) is 0 Å². The molecule has 4 nitrogen and oxygen atoms in total. The van der Waals surface area contributed by atoms with Crippen LogP contribution >= 0.6 is 0 Å². The van der Waals surface area contributed by atoms with Crippen LogP contribution in [0.25, 0.3) is 0 Å². The average molecular weight is 264 g/mol. The largest absolute Gasteiger partial charge is 0.394 e. The molecule has 0 amide bonds. The molecule has 1 unspecified atom stereocenters. The van der Waals surface area contributed by atoms with Crippen molar-refractivity contribution in [1.82, 2.24) is 0 Å². The molecule has 0 saturated carbocycles. The van der Waals surface area contributed by atoms with E-state index in [4.69, 9.17) is 18.3 Å². The first-order valence-corrected chi connectivity index (χ1v) is 8.25. The van der Waals surface area contributed by atoms with Crippen LogP contribution in [0, 0.1) is 0 Å². The van der Waals surface area contributed by atoms with Crippen LogP contribution in [0.4, 0.5) is 0 Å². The van der Waals surface area contributed by atoms with Crippen LogP contribution < -0.4 is 0 Å². The molecular weight excluding hydrogens is 236 g/mol. The monoisotopic (exact) mass is 264 g/mol. The van der Waals surface area contributed by atoms with Crippen molar-refractivity contribution in [3.63, 3.8) is 0 Å². The molecule has 0 heterocycles. The zero-order valence-electron chi connectivity index (χ0n) is 11.7. The summed E-state index contributed by atoms with van der Waals surface area (Å²) >= 11 is 0. The Labute approximate surface area is 107 Å². The van der Waals surface area contributed by atoms with Gasteiger partial charge in [0.15, 0.2) is 0 Å². The standard InChI is InChI=1S/C12H28O4Si/c1-5-12(4)17(15-10-8-13-6-2)16-11-9-14-7-3/h12,17H,5-11H2,1-4H3. The highest BCUT2D eigenvalue weighted by atomic mass is 28.3. The highest BCUT2D eigenvalue weighted by Crippen LogP contribution is 2.15. The number of hydrogen-bond acceptors (Lipinski definition) is 4. The lowest BCUT2D eigenvalue weighted by Crippen LogP contribution is -2.30. The molecular formula is C12H28O4Si. The van der Waals surface area contributed by atoms with Crippen LogP contribution in [-0.4, -0.2) is 48.9 Å². The van der Waals surface area contributed by atoms with Crippen molar-refractivity contribution in [3.8, 4) is 0 Å². The van der Waals surface area contributed by atoms with Gasteiger partial charge >= 0.3 is 9.28 Å². The van der Waals surface area contributed by atoms with Crippen LogP contribution in [0.1, 0.15) is 34.1 Å². The first-order valence-electron chi connectivity index (χ1n) is 6.64. The number of ether oxygens (including phenoxy) is 2. The van der Waals surface area contributed by atoms with Crippen LogP contribution in [-0.2, 0) is 18.3 Å². The van der Waals surface area contributed by atoms with E-state index in [1.165, 1.54) is 0 Å². The van der Waals surface area contributed by atoms with Gasteiger partial charge in [0.05, 0.1) is 26.4 Å². The van der Waals surface area contributed by atoms with Gasteiger partial charge in [-0.15, -0.1) is 0 Å². The molecule has 0 spiro atoms. The van der Waals surface area contributed by atoms with E-state index >= 15 is 0 Å². The van der Waals surface area contributed by atoms with E-state index in [2.05, 4.69) is 13.8 Å². The van der Waals surface area contributed by atoms with Gasteiger partial charge in [0, 0.05) is 13.2 Å². The Morgan fingerprint density at radius 3 is 1.65 bits per heavy atom. The van der Waals surface area contributed by atoms with Crippen molar-refractivity contribution < 1.29 is 18.3 Å². The minimum absolute atomic E-state index is 0.526. The lowest BCUT2D eigenvalue weighted by Gasteiger charge is -2.21. The zero-order chi connectivity index (χ0) is 12.9. The molecule has 0 saturated heterocycles. The Bertz CT molecular complexity index is 145. The fourth-order valence-electron chi connectivity index (χ4n) is 1.30. The quantitative estimate of drug-likeness (QED) is 0.400. The summed E-state index contributed by atoms with van der Waals surface area (Å²) in [5.41, 5.74) is 0.526. The van der Waals surface area contributed by atoms with E-state index in [9.17, 15) is 0 Å². The van der Waals surface area contributed by atoms with Gasteiger partial charge < -0.3 is 18.3 Å². The Morgan fingerprint density at radius 1 is 0.824 bits per heavy atom.